The van der Waals surface area contributed by atoms with E-state index in [0.29, 0.717) is 32.7 Å². The minimum Gasteiger partial charge on any atom is -0.466 e. The molecule has 0 aliphatic carbocycles. The molecule has 1 atom stereocenters. The minimum absolute atomic E-state index is 0.0747. The smallest absolute Gasteiger partial charge is 0.409 e. The van der Waals surface area contributed by atoms with Crippen molar-refractivity contribution in [2.45, 2.75) is 33.1 Å². The van der Waals surface area contributed by atoms with E-state index in [9.17, 15) is 9.59 Å². The molecule has 1 aliphatic heterocycles. The predicted molar refractivity (Wildman–Crippen MR) is 62.6 cm³/mol. The Kier molecular flexibility index (Phi) is 5.80. The van der Waals surface area contributed by atoms with Crippen LogP contribution in [-0.2, 0) is 14.3 Å². The maximum absolute atomic E-state index is 11.6. The largest absolute Gasteiger partial charge is 0.466 e. The maximum Gasteiger partial charge on any atom is 0.409 e. The van der Waals surface area contributed by atoms with Gasteiger partial charge in [-0.05, 0) is 33.1 Å². The normalized spacial score (nSPS) is 20.6. The Balaban J connectivity index is 2.44. The maximum atomic E-state index is 11.6. The molecule has 1 fully saturated rings. The molecule has 0 radical (unpaired) electrons. The molecule has 0 aromatic carbocycles. The van der Waals surface area contributed by atoms with Crippen LogP contribution in [0.25, 0.3) is 0 Å². The summed E-state index contributed by atoms with van der Waals surface area (Å²) in [7, 11) is 0. The van der Waals surface area contributed by atoms with E-state index >= 15 is 0 Å². The van der Waals surface area contributed by atoms with Crippen molar-refractivity contribution in [3.8, 4) is 0 Å². The molecule has 1 unspecified atom stereocenters. The van der Waals surface area contributed by atoms with Crippen molar-refractivity contribution >= 4 is 12.1 Å². The van der Waals surface area contributed by atoms with Crippen LogP contribution in [0.1, 0.15) is 33.1 Å². The van der Waals surface area contributed by atoms with Gasteiger partial charge in [-0.2, -0.15) is 0 Å². The van der Waals surface area contributed by atoms with E-state index in [1.54, 1.807) is 18.7 Å². The van der Waals surface area contributed by atoms with Crippen LogP contribution in [0.3, 0.4) is 0 Å². The second kappa shape index (κ2) is 7.14. The average molecular weight is 243 g/mol. The van der Waals surface area contributed by atoms with Crippen molar-refractivity contribution in [3.63, 3.8) is 0 Å². The van der Waals surface area contributed by atoms with Crippen molar-refractivity contribution < 1.29 is 19.1 Å². The Morgan fingerprint density at radius 1 is 1.12 bits per heavy atom. The van der Waals surface area contributed by atoms with E-state index in [4.69, 9.17) is 9.47 Å². The summed E-state index contributed by atoms with van der Waals surface area (Å²) in [5.41, 5.74) is 0. The van der Waals surface area contributed by atoms with Crippen molar-refractivity contribution in [1.82, 2.24) is 4.90 Å². The Morgan fingerprint density at radius 2 is 1.82 bits per heavy atom. The molecule has 98 valence electrons. The van der Waals surface area contributed by atoms with E-state index in [1.165, 1.54) is 0 Å². The van der Waals surface area contributed by atoms with E-state index in [1.807, 2.05) is 0 Å². The monoisotopic (exact) mass is 243 g/mol. The highest BCUT2D eigenvalue weighted by Gasteiger charge is 2.26. The molecule has 5 nitrogen and oxygen atoms in total. The molecular weight excluding hydrogens is 222 g/mol. The fraction of sp³-hybridized carbons (Fsp3) is 0.833. The lowest BCUT2D eigenvalue weighted by Crippen LogP contribution is -2.32. The Hall–Kier alpha value is -1.26. The lowest BCUT2D eigenvalue weighted by atomic mass is 10.0. The van der Waals surface area contributed by atoms with Crippen molar-refractivity contribution in [3.05, 3.63) is 0 Å². The summed E-state index contributed by atoms with van der Waals surface area (Å²) in [4.78, 5) is 24.8. The summed E-state index contributed by atoms with van der Waals surface area (Å²) in [5, 5.41) is 0. The third-order valence-corrected chi connectivity index (χ3v) is 2.87. The van der Waals surface area contributed by atoms with Crippen molar-refractivity contribution in [2.24, 2.45) is 5.92 Å². The first-order chi connectivity index (χ1) is 8.19. The lowest BCUT2D eigenvalue weighted by Gasteiger charge is -2.19. The summed E-state index contributed by atoms with van der Waals surface area (Å²) in [5.74, 6) is -0.215. The number of ether oxygens (including phenoxy) is 2. The Labute approximate surface area is 102 Å². The molecule has 1 saturated heterocycles. The summed E-state index contributed by atoms with van der Waals surface area (Å²) < 4.78 is 9.96. The number of carbonyl (C=O) groups is 2. The van der Waals surface area contributed by atoms with Crippen LogP contribution in [0.5, 0.6) is 0 Å². The molecule has 5 heteroatoms. The first kappa shape index (κ1) is 13.8. The molecule has 0 saturated carbocycles. The standard InChI is InChI=1S/C12H21NO4/c1-3-16-11(14)10-6-5-8-13(9-7-10)12(15)17-4-2/h10H,3-9H2,1-2H3. The van der Waals surface area contributed by atoms with E-state index < -0.39 is 0 Å². The average Bonchev–Trinajstić information content (AvgIpc) is 2.55. The number of amides is 1. The van der Waals surface area contributed by atoms with E-state index in [0.717, 1.165) is 12.8 Å². The second-order valence-corrected chi connectivity index (χ2v) is 4.07. The zero-order valence-electron chi connectivity index (χ0n) is 10.6. The number of hydrogen-bond acceptors (Lipinski definition) is 4. The predicted octanol–water partition coefficient (Wildman–Crippen LogP) is 1.81. The van der Waals surface area contributed by atoms with Gasteiger partial charge < -0.3 is 14.4 Å². The second-order valence-electron chi connectivity index (χ2n) is 4.07. The van der Waals surface area contributed by atoms with Crippen molar-refractivity contribution in [1.29, 1.82) is 0 Å². The highest BCUT2D eigenvalue weighted by molar-refractivity contribution is 5.73. The molecule has 1 heterocycles. The zero-order chi connectivity index (χ0) is 12.7. The quantitative estimate of drug-likeness (QED) is 0.709. The molecule has 0 aromatic rings. The topological polar surface area (TPSA) is 55.8 Å². The van der Waals surface area contributed by atoms with Gasteiger partial charge in [0.1, 0.15) is 0 Å². The summed E-state index contributed by atoms with van der Waals surface area (Å²) >= 11 is 0. The number of esters is 1. The van der Waals surface area contributed by atoms with Gasteiger partial charge in [0.05, 0.1) is 19.1 Å². The highest BCUT2D eigenvalue weighted by atomic mass is 16.6. The van der Waals surface area contributed by atoms with Crippen LogP contribution in [0.15, 0.2) is 0 Å². The molecule has 1 aliphatic rings. The zero-order valence-corrected chi connectivity index (χ0v) is 10.6. The summed E-state index contributed by atoms with van der Waals surface area (Å²) in [6.45, 7) is 5.63. The van der Waals surface area contributed by atoms with Crippen LogP contribution in [-0.4, -0.2) is 43.3 Å². The summed E-state index contributed by atoms with van der Waals surface area (Å²) in [6.07, 6.45) is 1.99. The number of carbonyl (C=O) groups excluding carboxylic acids is 2. The van der Waals surface area contributed by atoms with E-state index in [2.05, 4.69) is 0 Å². The first-order valence-electron chi connectivity index (χ1n) is 6.27. The van der Waals surface area contributed by atoms with Gasteiger partial charge in [-0.25, -0.2) is 4.79 Å². The first-order valence-corrected chi connectivity index (χ1v) is 6.27. The van der Waals surface area contributed by atoms with E-state index in [-0.39, 0.29) is 18.0 Å². The minimum atomic E-state index is -0.281. The van der Waals surface area contributed by atoms with Gasteiger partial charge in [-0.15, -0.1) is 0 Å². The molecule has 0 spiro atoms. The number of likely N-dealkylation sites (tertiary alicyclic amines) is 1. The van der Waals surface area contributed by atoms with Crippen LogP contribution in [0, 0.1) is 5.92 Å². The van der Waals surface area contributed by atoms with Gasteiger partial charge in [0.2, 0.25) is 0 Å². The third kappa shape index (κ3) is 4.24. The van der Waals surface area contributed by atoms with Crippen LogP contribution < -0.4 is 0 Å². The molecule has 0 N–H and O–H groups in total. The third-order valence-electron chi connectivity index (χ3n) is 2.87. The van der Waals surface area contributed by atoms with Gasteiger partial charge in [0.25, 0.3) is 0 Å². The SMILES string of the molecule is CCOC(=O)C1CCCN(C(=O)OCC)CC1. The van der Waals surface area contributed by atoms with Gasteiger partial charge in [-0.1, -0.05) is 0 Å². The van der Waals surface area contributed by atoms with Crippen LogP contribution in [0.4, 0.5) is 4.79 Å². The fourth-order valence-electron chi connectivity index (χ4n) is 1.99. The number of nitrogens with zero attached hydrogens (tertiary/aromatic N) is 1. The molecule has 1 amide bonds. The van der Waals surface area contributed by atoms with Crippen LogP contribution in [0.2, 0.25) is 0 Å². The van der Waals surface area contributed by atoms with Gasteiger partial charge >= 0.3 is 12.1 Å². The Morgan fingerprint density at radius 3 is 2.47 bits per heavy atom. The molecule has 0 bridgehead atoms. The van der Waals surface area contributed by atoms with Crippen LogP contribution >= 0.6 is 0 Å². The van der Waals surface area contributed by atoms with Gasteiger partial charge in [-0.3, -0.25) is 4.79 Å². The number of rotatable bonds is 3. The summed E-state index contributed by atoms with van der Waals surface area (Å²) in [6, 6.07) is 0. The van der Waals surface area contributed by atoms with Gasteiger partial charge in [0, 0.05) is 13.1 Å². The van der Waals surface area contributed by atoms with Gasteiger partial charge in [0.15, 0.2) is 0 Å². The highest BCUT2D eigenvalue weighted by Crippen LogP contribution is 2.19. The fourth-order valence-corrected chi connectivity index (χ4v) is 1.99. The lowest BCUT2D eigenvalue weighted by molar-refractivity contribution is -0.148. The Bertz CT molecular complexity index is 241. The molecule has 1 rings (SSSR count). The van der Waals surface area contributed by atoms with Crippen molar-refractivity contribution in [2.75, 3.05) is 26.3 Å². The molecule has 17 heavy (non-hydrogen) atoms. The molecule has 0 aromatic heterocycles. The number of hydrogen-bond donors (Lipinski definition) is 0. The molecular formula is C12H21NO4.